The Morgan fingerprint density at radius 1 is 1.58 bits per heavy atom. The van der Waals surface area contributed by atoms with E-state index in [0.29, 0.717) is 0 Å². The Labute approximate surface area is 70.0 Å². The van der Waals surface area contributed by atoms with Crippen molar-refractivity contribution >= 4 is 6.08 Å². The first-order valence-corrected chi connectivity index (χ1v) is 3.26. The van der Waals surface area contributed by atoms with Gasteiger partial charge in [-0.15, -0.1) is 0 Å². The molecule has 0 aromatic carbocycles. The molecule has 0 N–H and O–H groups in total. The summed E-state index contributed by atoms with van der Waals surface area (Å²) in [5.74, 6) is 0. The molecule has 1 heterocycles. The third kappa shape index (κ3) is 1.50. The predicted molar refractivity (Wildman–Crippen MR) is 42.4 cm³/mol. The summed E-state index contributed by atoms with van der Waals surface area (Å²) in [7, 11) is 1.80. The van der Waals surface area contributed by atoms with Crippen LogP contribution in [-0.4, -0.2) is 9.55 Å². The molecule has 0 unspecified atom stereocenters. The lowest BCUT2D eigenvalue weighted by molar-refractivity contribution is 0.902. The average Bonchev–Trinajstić information content (AvgIpc) is 2.47. The number of aromatic nitrogens is 2. The maximum absolute atomic E-state index is 8.45. The molecule has 0 aliphatic rings. The van der Waals surface area contributed by atoms with E-state index in [-0.39, 0.29) is 5.57 Å². The normalized spacial score (nSPS) is 8.25. The molecule has 0 fully saturated rings. The van der Waals surface area contributed by atoms with E-state index in [2.05, 4.69) is 4.98 Å². The Hall–Kier alpha value is -2.07. The molecule has 0 aliphatic carbocycles. The molecule has 1 rings (SSSR count). The van der Waals surface area contributed by atoms with Gasteiger partial charge in [0.2, 0.25) is 0 Å². The van der Waals surface area contributed by atoms with Gasteiger partial charge in [-0.3, -0.25) is 0 Å². The fourth-order valence-corrected chi connectivity index (χ4v) is 0.744. The third-order valence-corrected chi connectivity index (χ3v) is 1.39. The fraction of sp³-hybridized carbons (Fsp3) is 0.125. The molecule has 0 spiro atoms. The second-order valence-electron chi connectivity index (χ2n) is 2.21. The summed E-state index contributed by atoms with van der Waals surface area (Å²) < 4.78 is 1.73. The number of rotatable bonds is 1. The first kappa shape index (κ1) is 8.03. The minimum Gasteiger partial charge on any atom is -0.334 e. The summed E-state index contributed by atoms with van der Waals surface area (Å²) in [6.07, 6.45) is 4.69. The molecular formula is C8H6N4. The largest absolute Gasteiger partial charge is 0.334 e. The zero-order chi connectivity index (χ0) is 8.97. The van der Waals surface area contributed by atoms with Crippen molar-refractivity contribution in [2.45, 2.75) is 0 Å². The minimum absolute atomic E-state index is 0.0820. The van der Waals surface area contributed by atoms with Crippen LogP contribution in [0, 0.1) is 22.7 Å². The zero-order valence-corrected chi connectivity index (χ0v) is 6.52. The van der Waals surface area contributed by atoms with Crippen LogP contribution in [0.4, 0.5) is 0 Å². The van der Waals surface area contributed by atoms with E-state index in [4.69, 9.17) is 10.5 Å². The van der Waals surface area contributed by atoms with Crippen molar-refractivity contribution < 1.29 is 0 Å². The number of nitrogens with zero attached hydrogens (tertiary/aromatic N) is 4. The van der Waals surface area contributed by atoms with Gasteiger partial charge in [0, 0.05) is 7.05 Å². The summed E-state index contributed by atoms with van der Waals surface area (Å²) >= 11 is 0. The molecule has 4 nitrogen and oxygen atoms in total. The second-order valence-corrected chi connectivity index (χ2v) is 2.21. The number of allylic oxidation sites excluding steroid dienone is 1. The number of hydrogen-bond donors (Lipinski definition) is 0. The lowest BCUT2D eigenvalue weighted by Gasteiger charge is -1.91. The summed E-state index contributed by atoms with van der Waals surface area (Å²) in [5, 5.41) is 16.9. The van der Waals surface area contributed by atoms with Crippen molar-refractivity contribution in [1.82, 2.24) is 9.55 Å². The van der Waals surface area contributed by atoms with E-state index in [9.17, 15) is 0 Å². The van der Waals surface area contributed by atoms with Gasteiger partial charge >= 0.3 is 0 Å². The van der Waals surface area contributed by atoms with Crippen molar-refractivity contribution in [3.8, 4) is 12.1 Å². The lowest BCUT2D eigenvalue weighted by Crippen LogP contribution is -1.87. The van der Waals surface area contributed by atoms with Crippen molar-refractivity contribution in [2.24, 2.45) is 7.05 Å². The van der Waals surface area contributed by atoms with Crippen LogP contribution in [0.2, 0.25) is 0 Å². The highest BCUT2D eigenvalue weighted by Gasteiger charge is 1.96. The van der Waals surface area contributed by atoms with Crippen LogP contribution in [0.15, 0.2) is 18.1 Å². The van der Waals surface area contributed by atoms with Gasteiger partial charge in [-0.25, -0.2) is 4.98 Å². The van der Waals surface area contributed by atoms with E-state index in [1.165, 1.54) is 6.08 Å². The van der Waals surface area contributed by atoms with Crippen LogP contribution in [0.3, 0.4) is 0 Å². The fourth-order valence-electron chi connectivity index (χ4n) is 0.744. The van der Waals surface area contributed by atoms with Crippen molar-refractivity contribution in [3.05, 3.63) is 23.8 Å². The minimum atomic E-state index is 0.0820. The van der Waals surface area contributed by atoms with Gasteiger partial charge in [0.1, 0.15) is 17.7 Å². The maximum Gasteiger partial charge on any atom is 0.131 e. The van der Waals surface area contributed by atoms with E-state index < -0.39 is 0 Å². The number of nitriles is 2. The molecule has 58 valence electrons. The molecule has 0 atom stereocenters. The summed E-state index contributed by atoms with van der Waals surface area (Å²) in [5.41, 5.74) is 0.826. The molecule has 0 bridgehead atoms. The van der Waals surface area contributed by atoms with Gasteiger partial charge in [0.25, 0.3) is 0 Å². The van der Waals surface area contributed by atoms with Gasteiger partial charge in [-0.05, 0) is 6.08 Å². The monoisotopic (exact) mass is 158 g/mol. The highest BCUT2D eigenvalue weighted by atomic mass is 15.0. The standard InChI is InChI=1S/C8H6N4/c1-12-6-11-5-8(12)2-7(3-9)4-10/h2,5-6H,1H3. The number of hydrogen-bond acceptors (Lipinski definition) is 3. The highest BCUT2D eigenvalue weighted by Crippen LogP contribution is 2.03. The Morgan fingerprint density at radius 2 is 2.25 bits per heavy atom. The van der Waals surface area contributed by atoms with Gasteiger partial charge in [-0.2, -0.15) is 10.5 Å². The quantitative estimate of drug-likeness (QED) is 0.569. The highest BCUT2D eigenvalue weighted by molar-refractivity contribution is 5.59. The molecule has 0 radical (unpaired) electrons. The van der Waals surface area contributed by atoms with Crippen molar-refractivity contribution in [3.63, 3.8) is 0 Å². The van der Waals surface area contributed by atoms with Gasteiger partial charge in [0.15, 0.2) is 0 Å². The molecule has 0 saturated carbocycles. The van der Waals surface area contributed by atoms with E-state index >= 15 is 0 Å². The molecule has 1 aromatic heterocycles. The Balaban J connectivity index is 3.05. The molecular weight excluding hydrogens is 152 g/mol. The summed E-state index contributed by atoms with van der Waals surface area (Å²) in [6.45, 7) is 0. The van der Waals surface area contributed by atoms with E-state index in [0.717, 1.165) is 5.69 Å². The van der Waals surface area contributed by atoms with Crippen LogP contribution in [-0.2, 0) is 7.05 Å². The maximum atomic E-state index is 8.45. The molecule has 0 aliphatic heterocycles. The third-order valence-electron chi connectivity index (χ3n) is 1.39. The SMILES string of the molecule is Cn1cncc1C=C(C#N)C#N. The molecule has 0 saturated heterocycles. The Bertz CT molecular complexity index is 370. The summed E-state index contributed by atoms with van der Waals surface area (Å²) in [4.78, 5) is 3.84. The molecule has 4 heteroatoms. The first-order chi connectivity index (χ1) is 5.77. The average molecular weight is 158 g/mol. The zero-order valence-electron chi connectivity index (χ0n) is 6.52. The van der Waals surface area contributed by atoms with E-state index in [1.54, 1.807) is 36.3 Å². The van der Waals surface area contributed by atoms with Crippen LogP contribution in [0.1, 0.15) is 5.69 Å². The lowest BCUT2D eigenvalue weighted by atomic mass is 10.2. The molecule has 12 heavy (non-hydrogen) atoms. The predicted octanol–water partition coefficient (Wildman–Crippen LogP) is 0.851. The number of aryl methyl sites for hydroxylation is 1. The first-order valence-electron chi connectivity index (χ1n) is 3.26. The van der Waals surface area contributed by atoms with E-state index in [1.807, 2.05) is 0 Å². The van der Waals surface area contributed by atoms with Crippen LogP contribution >= 0.6 is 0 Å². The van der Waals surface area contributed by atoms with Crippen LogP contribution < -0.4 is 0 Å². The molecule has 0 amide bonds. The topological polar surface area (TPSA) is 65.4 Å². The number of imidazole rings is 1. The van der Waals surface area contributed by atoms with Gasteiger partial charge in [-0.1, -0.05) is 0 Å². The van der Waals surface area contributed by atoms with Crippen LogP contribution in [0.5, 0.6) is 0 Å². The Morgan fingerprint density at radius 3 is 2.67 bits per heavy atom. The summed E-state index contributed by atoms with van der Waals surface area (Å²) in [6, 6.07) is 3.55. The van der Waals surface area contributed by atoms with Crippen molar-refractivity contribution in [2.75, 3.05) is 0 Å². The van der Waals surface area contributed by atoms with Gasteiger partial charge < -0.3 is 4.57 Å². The second kappa shape index (κ2) is 3.36. The van der Waals surface area contributed by atoms with Gasteiger partial charge in [0.05, 0.1) is 18.2 Å². The molecule has 1 aromatic rings. The van der Waals surface area contributed by atoms with Crippen molar-refractivity contribution in [1.29, 1.82) is 10.5 Å². The van der Waals surface area contributed by atoms with Crippen LogP contribution in [0.25, 0.3) is 6.08 Å². The Kier molecular flexibility index (Phi) is 2.25. The smallest absolute Gasteiger partial charge is 0.131 e.